The molecule has 0 radical (unpaired) electrons. The van der Waals surface area contributed by atoms with Crippen LogP contribution in [0.1, 0.15) is 31.9 Å². The number of carbonyl (C=O) groups excluding carboxylic acids is 1. The minimum Gasteiger partial charge on any atom is -0.495 e. The van der Waals surface area contributed by atoms with Gasteiger partial charge in [-0.25, -0.2) is 0 Å². The maximum absolute atomic E-state index is 13.2. The number of aromatic amines is 1. The number of benzene rings is 2. The first-order chi connectivity index (χ1) is 13.2. The van der Waals surface area contributed by atoms with Crippen LogP contribution in [0.3, 0.4) is 0 Å². The highest BCUT2D eigenvalue weighted by Gasteiger charge is 2.30. The molecule has 0 spiro atoms. The van der Waals surface area contributed by atoms with Gasteiger partial charge in [0.25, 0.3) is 5.56 Å². The summed E-state index contributed by atoms with van der Waals surface area (Å²) < 4.78 is 5.46. The van der Waals surface area contributed by atoms with E-state index in [1.807, 2.05) is 76.2 Å². The smallest absolute Gasteiger partial charge is 0.253 e. The number of aryl methyl sites for hydroxylation is 1. The second-order valence-corrected chi connectivity index (χ2v) is 8.03. The van der Waals surface area contributed by atoms with E-state index in [1.165, 1.54) is 0 Å². The van der Waals surface area contributed by atoms with Crippen LogP contribution in [0.4, 0.5) is 5.69 Å². The van der Waals surface area contributed by atoms with Gasteiger partial charge in [0, 0.05) is 16.5 Å². The van der Waals surface area contributed by atoms with Crippen LogP contribution < -0.4 is 15.2 Å². The van der Waals surface area contributed by atoms with E-state index in [-0.39, 0.29) is 18.0 Å². The first kappa shape index (κ1) is 19.7. The van der Waals surface area contributed by atoms with Crippen LogP contribution in [0, 0.1) is 12.3 Å². The van der Waals surface area contributed by atoms with Gasteiger partial charge in [-0.15, -0.1) is 0 Å². The Labute approximate surface area is 165 Å². The van der Waals surface area contributed by atoms with Gasteiger partial charge in [0.05, 0.1) is 19.3 Å². The standard InChI is InChI=1S/C23H26N2O3/c1-15-10-11-18-16(12-15)13-17(21(26)24-18)14-25(22(27)23(2,3)4)19-8-6-7-9-20(19)28-5/h6-13H,14H2,1-5H3,(H,24,26). The number of nitrogens with one attached hydrogen (secondary N) is 1. The van der Waals surface area contributed by atoms with Crippen molar-refractivity contribution in [3.63, 3.8) is 0 Å². The molecule has 146 valence electrons. The van der Waals surface area contributed by atoms with E-state index in [0.717, 1.165) is 16.5 Å². The number of methoxy groups -OCH3 is 1. The maximum Gasteiger partial charge on any atom is 0.253 e. The summed E-state index contributed by atoms with van der Waals surface area (Å²) in [6.07, 6.45) is 0. The molecule has 1 N–H and O–H groups in total. The molecule has 1 amide bonds. The van der Waals surface area contributed by atoms with Crippen molar-refractivity contribution in [2.45, 2.75) is 34.2 Å². The molecule has 1 aromatic heterocycles. The second-order valence-electron chi connectivity index (χ2n) is 8.03. The first-order valence-corrected chi connectivity index (χ1v) is 9.28. The molecule has 3 rings (SSSR count). The van der Waals surface area contributed by atoms with Crippen molar-refractivity contribution >= 4 is 22.5 Å². The molecule has 0 aliphatic rings. The number of anilines is 1. The number of fused-ring (bicyclic) bond motifs is 1. The van der Waals surface area contributed by atoms with Crippen molar-refractivity contribution in [1.82, 2.24) is 4.98 Å². The van der Waals surface area contributed by atoms with Crippen LogP contribution in [-0.4, -0.2) is 18.0 Å². The van der Waals surface area contributed by atoms with Crippen LogP contribution in [0.15, 0.2) is 53.3 Å². The lowest BCUT2D eigenvalue weighted by Gasteiger charge is -2.30. The van der Waals surface area contributed by atoms with E-state index >= 15 is 0 Å². The molecule has 0 saturated carbocycles. The molecule has 2 aromatic carbocycles. The topological polar surface area (TPSA) is 62.4 Å². The molecule has 28 heavy (non-hydrogen) atoms. The molecular weight excluding hydrogens is 352 g/mol. The van der Waals surface area contributed by atoms with Crippen LogP contribution >= 0.6 is 0 Å². The number of para-hydroxylation sites is 2. The van der Waals surface area contributed by atoms with Crippen LogP contribution in [0.2, 0.25) is 0 Å². The van der Waals surface area contributed by atoms with Crippen LogP contribution in [0.25, 0.3) is 10.9 Å². The summed E-state index contributed by atoms with van der Waals surface area (Å²) in [6, 6.07) is 15.1. The number of hydrogen-bond acceptors (Lipinski definition) is 3. The van der Waals surface area contributed by atoms with Gasteiger partial charge in [-0.3, -0.25) is 9.59 Å². The Morgan fingerprint density at radius 1 is 1.11 bits per heavy atom. The fourth-order valence-corrected chi connectivity index (χ4v) is 3.18. The summed E-state index contributed by atoms with van der Waals surface area (Å²) in [7, 11) is 1.57. The lowest BCUT2D eigenvalue weighted by atomic mass is 9.94. The monoisotopic (exact) mass is 378 g/mol. The molecule has 0 aliphatic carbocycles. The molecule has 3 aromatic rings. The normalized spacial score (nSPS) is 11.5. The molecule has 0 fully saturated rings. The number of rotatable bonds is 4. The zero-order valence-corrected chi connectivity index (χ0v) is 17.0. The third kappa shape index (κ3) is 3.93. The molecule has 0 aliphatic heterocycles. The highest BCUT2D eigenvalue weighted by Crippen LogP contribution is 2.32. The summed E-state index contributed by atoms with van der Waals surface area (Å²) in [5.74, 6) is 0.508. The van der Waals surface area contributed by atoms with Gasteiger partial charge in [-0.05, 0) is 42.6 Å². The van der Waals surface area contributed by atoms with Gasteiger partial charge in [0.15, 0.2) is 0 Å². The number of pyridine rings is 1. The molecule has 5 heteroatoms. The molecule has 0 bridgehead atoms. The van der Waals surface area contributed by atoms with Gasteiger partial charge >= 0.3 is 0 Å². The number of aromatic nitrogens is 1. The Bertz CT molecular complexity index is 1080. The van der Waals surface area contributed by atoms with Gasteiger partial charge in [0.1, 0.15) is 5.75 Å². The summed E-state index contributed by atoms with van der Waals surface area (Å²) in [6.45, 7) is 7.77. The van der Waals surface area contributed by atoms with Crippen molar-refractivity contribution in [2.75, 3.05) is 12.0 Å². The van der Waals surface area contributed by atoms with E-state index in [0.29, 0.717) is 17.0 Å². The van der Waals surface area contributed by atoms with E-state index in [2.05, 4.69) is 4.98 Å². The van der Waals surface area contributed by atoms with E-state index in [1.54, 1.807) is 12.0 Å². The number of amides is 1. The Hall–Kier alpha value is -3.08. The summed E-state index contributed by atoms with van der Waals surface area (Å²) in [4.78, 5) is 30.5. The van der Waals surface area contributed by atoms with Gasteiger partial charge in [-0.2, -0.15) is 0 Å². The van der Waals surface area contributed by atoms with Crippen LogP contribution in [0.5, 0.6) is 5.75 Å². The maximum atomic E-state index is 13.2. The van der Waals surface area contributed by atoms with Gasteiger partial charge in [0.2, 0.25) is 5.91 Å². The van der Waals surface area contributed by atoms with Crippen molar-refractivity contribution in [3.05, 3.63) is 70.0 Å². The predicted octanol–water partition coefficient (Wildman–Crippen LogP) is 4.42. The van der Waals surface area contributed by atoms with Crippen molar-refractivity contribution in [2.24, 2.45) is 5.41 Å². The van der Waals surface area contributed by atoms with Gasteiger partial charge < -0.3 is 14.6 Å². The minimum atomic E-state index is -0.610. The SMILES string of the molecule is COc1ccccc1N(Cc1cc2cc(C)ccc2[nH]c1=O)C(=O)C(C)(C)C. The number of ether oxygens (including phenoxy) is 1. The third-order valence-electron chi connectivity index (χ3n) is 4.67. The van der Waals surface area contributed by atoms with Gasteiger partial charge in [-0.1, -0.05) is 44.5 Å². The molecule has 0 saturated heterocycles. The zero-order valence-electron chi connectivity index (χ0n) is 17.0. The average molecular weight is 378 g/mol. The van der Waals surface area contributed by atoms with E-state index in [9.17, 15) is 9.59 Å². The number of H-pyrrole nitrogens is 1. The highest BCUT2D eigenvalue weighted by atomic mass is 16.5. The van der Waals surface area contributed by atoms with Crippen molar-refractivity contribution in [1.29, 1.82) is 0 Å². The molecule has 0 atom stereocenters. The van der Waals surface area contributed by atoms with E-state index < -0.39 is 5.41 Å². The Morgan fingerprint density at radius 2 is 1.82 bits per heavy atom. The lowest BCUT2D eigenvalue weighted by Crippen LogP contribution is -2.40. The Balaban J connectivity index is 2.12. The fourth-order valence-electron chi connectivity index (χ4n) is 3.18. The fraction of sp³-hybridized carbons (Fsp3) is 0.304. The molecular formula is C23H26N2O3. The Kier molecular flexibility index (Phi) is 5.27. The van der Waals surface area contributed by atoms with Crippen molar-refractivity contribution in [3.8, 4) is 5.75 Å². The Morgan fingerprint density at radius 3 is 2.50 bits per heavy atom. The summed E-state index contributed by atoms with van der Waals surface area (Å²) in [5, 5.41) is 0.942. The number of carbonyl (C=O) groups is 1. The van der Waals surface area contributed by atoms with Crippen LogP contribution in [-0.2, 0) is 11.3 Å². The largest absolute Gasteiger partial charge is 0.495 e. The molecule has 1 heterocycles. The summed E-state index contributed by atoms with van der Waals surface area (Å²) >= 11 is 0. The number of nitrogens with zero attached hydrogens (tertiary/aromatic N) is 1. The summed E-state index contributed by atoms with van der Waals surface area (Å²) in [5.41, 5.74) is 2.26. The molecule has 5 nitrogen and oxygen atoms in total. The quantitative estimate of drug-likeness (QED) is 0.731. The molecule has 0 unspecified atom stereocenters. The predicted molar refractivity (Wildman–Crippen MR) is 113 cm³/mol. The zero-order chi connectivity index (χ0) is 20.5. The minimum absolute atomic E-state index is 0.0826. The number of hydrogen-bond donors (Lipinski definition) is 1. The average Bonchev–Trinajstić information content (AvgIpc) is 2.65. The second kappa shape index (κ2) is 7.50. The lowest BCUT2D eigenvalue weighted by molar-refractivity contribution is -0.125. The van der Waals surface area contributed by atoms with Crippen molar-refractivity contribution < 1.29 is 9.53 Å². The first-order valence-electron chi connectivity index (χ1n) is 9.28. The third-order valence-corrected chi connectivity index (χ3v) is 4.67. The highest BCUT2D eigenvalue weighted by molar-refractivity contribution is 5.98. The van der Waals surface area contributed by atoms with E-state index in [4.69, 9.17) is 4.74 Å².